The molecule has 128 valence electrons. The van der Waals surface area contributed by atoms with Gasteiger partial charge in [-0.1, -0.05) is 0 Å². The van der Waals surface area contributed by atoms with Gasteiger partial charge in [0.2, 0.25) is 5.16 Å². The van der Waals surface area contributed by atoms with E-state index >= 15 is 0 Å². The third-order valence-electron chi connectivity index (χ3n) is 5.21. The first kappa shape index (κ1) is 16.9. The second kappa shape index (κ2) is 5.58. The average molecular weight is 341 g/mol. The van der Waals surface area contributed by atoms with Crippen LogP contribution in [0.3, 0.4) is 0 Å². The fraction of sp³-hybridized carbons (Fsp3) is 0.786. The van der Waals surface area contributed by atoms with Crippen LogP contribution in [0.15, 0.2) is 17.6 Å². The normalized spacial score (nSPS) is 25.8. The van der Waals surface area contributed by atoms with Crippen LogP contribution in [-0.4, -0.2) is 54.1 Å². The van der Waals surface area contributed by atoms with Crippen molar-refractivity contribution in [3.8, 4) is 0 Å². The summed E-state index contributed by atoms with van der Waals surface area (Å²) < 4.78 is 38.6. The molecule has 3 heterocycles. The van der Waals surface area contributed by atoms with Crippen LogP contribution >= 0.6 is 0 Å². The van der Waals surface area contributed by atoms with Gasteiger partial charge in [0.05, 0.1) is 11.2 Å². The quantitative estimate of drug-likeness (QED) is 0.845. The molecule has 7 nitrogen and oxygen atoms in total. The highest BCUT2D eigenvalue weighted by molar-refractivity contribution is 7.88. The lowest BCUT2D eigenvalue weighted by Gasteiger charge is -2.32. The van der Waals surface area contributed by atoms with E-state index in [-0.39, 0.29) is 29.3 Å². The zero-order valence-corrected chi connectivity index (χ0v) is 14.9. The molecule has 0 spiro atoms. The molecule has 1 aromatic heterocycles. The Bertz CT molecular complexity index is 636. The van der Waals surface area contributed by atoms with E-state index in [4.69, 9.17) is 9.31 Å². The third kappa shape index (κ3) is 2.95. The highest BCUT2D eigenvalue weighted by Crippen LogP contribution is 2.42. The van der Waals surface area contributed by atoms with Crippen LogP contribution in [0.1, 0.15) is 40.5 Å². The van der Waals surface area contributed by atoms with E-state index in [0.717, 1.165) is 12.8 Å². The highest BCUT2D eigenvalue weighted by atomic mass is 32.2. The third-order valence-corrected chi connectivity index (χ3v) is 6.97. The molecule has 0 atom stereocenters. The van der Waals surface area contributed by atoms with Crippen LogP contribution in [-0.2, 0) is 19.3 Å². The van der Waals surface area contributed by atoms with Crippen LogP contribution < -0.4 is 0 Å². The van der Waals surface area contributed by atoms with E-state index in [1.54, 1.807) is 0 Å². The van der Waals surface area contributed by atoms with Gasteiger partial charge in [-0.25, -0.2) is 13.4 Å². The van der Waals surface area contributed by atoms with Gasteiger partial charge in [-0.2, -0.15) is 4.31 Å². The SMILES string of the molecule is CC1(C)OB(C2CCN(S(=O)(=O)c3ncc[nH]3)CC2)OC1(C)C. The second-order valence-corrected chi connectivity index (χ2v) is 9.11. The fourth-order valence-electron chi connectivity index (χ4n) is 2.98. The lowest BCUT2D eigenvalue weighted by Crippen LogP contribution is -2.41. The van der Waals surface area contributed by atoms with Crippen LogP contribution in [0.25, 0.3) is 0 Å². The number of sulfonamides is 1. The van der Waals surface area contributed by atoms with Crippen molar-refractivity contribution in [2.75, 3.05) is 13.1 Å². The molecule has 0 aliphatic carbocycles. The molecule has 2 aliphatic heterocycles. The monoisotopic (exact) mass is 341 g/mol. The van der Waals surface area contributed by atoms with E-state index < -0.39 is 10.0 Å². The molecule has 0 amide bonds. The van der Waals surface area contributed by atoms with Crippen LogP contribution in [0.4, 0.5) is 0 Å². The van der Waals surface area contributed by atoms with Crippen molar-refractivity contribution in [1.82, 2.24) is 14.3 Å². The van der Waals surface area contributed by atoms with E-state index in [1.807, 2.05) is 27.7 Å². The van der Waals surface area contributed by atoms with Gasteiger partial charge < -0.3 is 14.3 Å². The standard InChI is InChI=1S/C14H24BN3O4S/c1-13(2)14(3,4)22-15(21-13)11-5-9-18(10-6-11)23(19,20)12-16-7-8-17-12/h7-8,11H,5-6,9-10H2,1-4H3,(H,16,17). The molecule has 2 saturated heterocycles. The number of aromatic amines is 1. The summed E-state index contributed by atoms with van der Waals surface area (Å²) in [5.41, 5.74) is -0.704. The van der Waals surface area contributed by atoms with Gasteiger partial charge in [-0.3, -0.25) is 0 Å². The van der Waals surface area contributed by atoms with Gasteiger partial charge in [-0.15, -0.1) is 0 Å². The largest absolute Gasteiger partial charge is 0.461 e. The van der Waals surface area contributed by atoms with E-state index in [2.05, 4.69) is 9.97 Å². The summed E-state index contributed by atoms with van der Waals surface area (Å²) in [7, 11) is -3.80. The second-order valence-electron chi connectivity index (χ2n) is 7.26. The van der Waals surface area contributed by atoms with Crippen molar-refractivity contribution in [3.63, 3.8) is 0 Å². The number of hydrogen-bond donors (Lipinski definition) is 1. The van der Waals surface area contributed by atoms with E-state index in [1.165, 1.54) is 16.7 Å². The number of hydrogen-bond acceptors (Lipinski definition) is 5. The minimum absolute atomic E-state index is 0.00610. The molecular formula is C14H24BN3O4S. The maximum Gasteiger partial charge on any atom is 0.461 e. The molecule has 0 saturated carbocycles. The zero-order chi connectivity index (χ0) is 16.9. The smallest absolute Gasteiger partial charge is 0.403 e. The van der Waals surface area contributed by atoms with Crippen LogP contribution in [0.2, 0.25) is 5.82 Å². The Balaban J connectivity index is 1.64. The molecule has 0 unspecified atom stereocenters. The summed E-state index contributed by atoms with van der Waals surface area (Å²) in [5, 5.41) is 0.00610. The molecule has 0 bridgehead atoms. The number of piperidine rings is 1. The van der Waals surface area contributed by atoms with Crippen molar-refractivity contribution in [3.05, 3.63) is 12.4 Å². The van der Waals surface area contributed by atoms with Gasteiger partial charge in [0.1, 0.15) is 0 Å². The molecule has 1 aromatic rings. The molecular weight excluding hydrogens is 317 g/mol. The van der Waals surface area contributed by atoms with Crippen molar-refractivity contribution < 1.29 is 17.7 Å². The first-order valence-corrected chi connectivity index (χ1v) is 9.43. The predicted octanol–water partition coefficient (Wildman–Crippen LogP) is 1.66. The Morgan fingerprint density at radius 1 is 1.22 bits per heavy atom. The first-order chi connectivity index (χ1) is 10.6. The Morgan fingerprint density at radius 2 is 1.78 bits per heavy atom. The molecule has 0 aromatic carbocycles. The maximum absolute atomic E-state index is 12.5. The fourth-order valence-corrected chi connectivity index (χ4v) is 4.33. The summed E-state index contributed by atoms with van der Waals surface area (Å²) in [4.78, 5) is 6.54. The lowest BCUT2D eigenvalue weighted by atomic mass is 9.67. The Morgan fingerprint density at radius 3 is 2.26 bits per heavy atom. The summed E-state index contributed by atoms with van der Waals surface area (Å²) in [6.45, 7) is 9.04. The number of nitrogens with zero attached hydrogens (tertiary/aromatic N) is 2. The van der Waals surface area contributed by atoms with Crippen molar-refractivity contribution in [2.24, 2.45) is 0 Å². The van der Waals surface area contributed by atoms with E-state index in [9.17, 15) is 8.42 Å². The van der Waals surface area contributed by atoms with Gasteiger partial charge in [0.25, 0.3) is 10.0 Å². The van der Waals surface area contributed by atoms with Crippen LogP contribution in [0.5, 0.6) is 0 Å². The number of H-pyrrole nitrogens is 1. The van der Waals surface area contributed by atoms with Crippen molar-refractivity contribution in [2.45, 2.75) is 62.7 Å². The molecule has 9 heteroatoms. The number of nitrogens with one attached hydrogen (secondary N) is 1. The summed E-state index contributed by atoms with van der Waals surface area (Å²) in [5.74, 6) is 0.208. The summed E-state index contributed by atoms with van der Waals surface area (Å²) in [6, 6.07) is 0. The van der Waals surface area contributed by atoms with Gasteiger partial charge in [0, 0.05) is 25.5 Å². The average Bonchev–Trinajstić information content (AvgIpc) is 3.07. The van der Waals surface area contributed by atoms with Crippen molar-refractivity contribution >= 4 is 17.1 Å². The first-order valence-electron chi connectivity index (χ1n) is 7.99. The van der Waals surface area contributed by atoms with Gasteiger partial charge in [0.15, 0.2) is 0 Å². The maximum atomic E-state index is 12.5. The molecule has 3 rings (SSSR count). The lowest BCUT2D eigenvalue weighted by molar-refractivity contribution is 0.00578. The van der Waals surface area contributed by atoms with Crippen LogP contribution in [0, 0.1) is 0 Å². The van der Waals surface area contributed by atoms with Gasteiger partial charge in [-0.05, 0) is 46.4 Å². The molecule has 2 aliphatic rings. The van der Waals surface area contributed by atoms with Crippen molar-refractivity contribution in [1.29, 1.82) is 0 Å². The number of aromatic nitrogens is 2. The molecule has 23 heavy (non-hydrogen) atoms. The number of imidazole rings is 1. The van der Waals surface area contributed by atoms with E-state index in [0.29, 0.717) is 13.1 Å². The summed E-state index contributed by atoms with van der Waals surface area (Å²) in [6.07, 6.45) is 4.40. The Kier molecular flexibility index (Phi) is 4.11. The highest BCUT2D eigenvalue weighted by Gasteiger charge is 2.54. The molecule has 0 radical (unpaired) electrons. The molecule has 1 N–H and O–H groups in total. The minimum Gasteiger partial charge on any atom is -0.403 e. The Hall–Kier alpha value is -0.895. The minimum atomic E-state index is -3.53. The summed E-state index contributed by atoms with van der Waals surface area (Å²) >= 11 is 0. The van der Waals surface area contributed by atoms with Gasteiger partial charge >= 0.3 is 7.12 Å². The zero-order valence-electron chi connectivity index (χ0n) is 14.1. The number of rotatable bonds is 3. The Labute approximate surface area is 138 Å². The topological polar surface area (TPSA) is 84.5 Å². The predicted molar refractivity (Wildman–Crippen MR) is 86.4 cm³/mol. The molecule has 2 fully saturated rings.